The average molecular weight is 360 g/mol. The fourth-order valence-electron chi connectivity index (χ4n) is 1.36. The fourth-order valence-corrected chi connectivity index (χ4v) is 3.02. The SMILES string of the molecule is Cc1cc(Br)c(C(=O)c2cccs2)cc1Br. The van der Waals surface area contributed by atoms with Gasteiger partial charge in [0.25, 0.3) is 0 Å². The van der Waals surface area contributed by atoms with Crippen molar-refractivity contribution in [2.45, 2.75) is 6.92 Å². The Kier molecular flexibility index (Phi) is 3.62. The summed E-state index contributed by atoms with van der Waals surface area (Å²) in [6.45, 7) is 1.99. The highest BCUT2D eigenvalue weighted by molar-refractivity contribution is 9.11. The molecule has 2 rings (SSSR count). The quantitative estimate of drug-likeness (QED) is 0.703. The van der Waals surface area contributed by atoms with Crippen LogP contribution in [0.4, 0.5) is 0 Å². The van der Waals surface area contributed by atoms with Gasteiger partial charge < -0.3 is 0 Å². The van der Waals surface area contributed by atoms with Crippen molar-refractivity contribution in [2.24, 2.45) is 0 Å². The molecule has 82 valence electrons. The number of carbonyl (C=O) groups excluding carboxylic acids is 1. The molecule has 1 nitrogen and oxygen atoms in total. The summed E-state index contributed by atoms with van der Waals surface area (Å²) in [5, 5.41) is 1.91. The lowest BCUT2D eigenvalue weighted by Crippen LogP contribution is -2.00. The number of benzene rings is 1. The number of hydrogen-bond donors (Lipinski definition) is 0. The van der Waals surface area contributed by atoms with E-state index in [1.807, 2.05) is 36.6 Å². The lowest BCUT2D eigenvalue weighted by Gasteiger charge is -2.05. The maximum absolute atomic E-state index is 12.2. The first kappa shape index (κ1) is 12.0. The van der Waals surface area contributed by atoms with Crippen LogP contribution in [-0.4, -0.2) is 5.78 Å². The van der Waals surface area contributed by atoms with Crippen LogP contribution in [0.15, 0.2) is 38.6 Å². The Labute approximate surface area is 115 Å². The lowest BCUT2D eigenvalue weighted by molar-refractivity contribution is 0.104. The molecule has 0 N–H and O–H groups in total. The van der Waals surface area contributed by atoms with Gasteiger partial charge in [-0.2, -0.15) is 0 Å². The van der Waals surface area contributed by atoms with Crippen molar-refractivity contribution in [1.29, 1.82) is 0 Å². The number of ketones is 1. The number of rotatable bonds is 2. The normalized spacial score (nSPS) is 10.4. The van der Waals surface area contributed by atoms with Crippen LogP contribution in [0.3, 0.4) is 0 Å². The van der Waals surface area contributed by atoms with E-state index in [9.17, 15) is 4.79 Å². The van der Waals surface area contributed by atoms with E-state index in [0.29, 0.717) is 5.56 Å². The van der Waals surface area contributed by atoms with E-state index in [1.165, 1.54) is 11.3 Å². The van der Waals surface area contributed by atoms with Gasteiger partial charge in [0.05, 0.1) is 4.88 Å². The second-order valence-corrected chi connectivity index (χ2v) is 6.04. The van der Waals surface area contributed by atoms with E-state index < -0.39 is 0 Å². The molecule has 0 unspecified atom stereocenters. The molecule has 0 aliphatic rings. The van der Waals surface area contributed by atoms with E-state index in [4.69, 9.17) is 0 Å². The van der Waals surface area contributed by atoms with Gasteiger partial charge in [-0.15, -0.1) is 11.3 Å². The third-order valence-electron chi connectivity index (χ3n) is 2.24. The second-order valence-electron chi connectivity index (χ2n) is 3.39. The number of halogens is 2. The molecule has 0 aliphatic heterocycles. The van der Waals surface area contributed by atoms with E-state index in [1.54, 1.807) is 0 Å². The van der Waals surface area contributed by atoms with E-state index in [2.05, 4.69) is 31.9 Å². The molecule has 2 aromatic rings. The molecular formula is C12H8Br2OS. The molecular weight excluding hydrogens is 352 g/mol. The Balaban J connectivity index is 2.49. The molecule has 0 amide bonds. The standard InChI is InChI=1S/C12H8Br2OS/c1-7-5-10(14)8(6-9(7)13)12(15)11-3-2-4-16-11/h2-6H,1H3. The van der Waals surface area contributed by atoms with Gasteiger partial charge in [-0.1, -0.05) is 37.9 Å². The maximum atomic E-state index is 12.2. The van der Waals surface area contributed by atoms with Gasteiger partial charge in [-0.05, 0) is 36.1 Å². The Morgan fingerprint density at radius 1 is 1.25 bits per heavy atom. The van der Waals surface area contributed by atoms with Crippen LogP contribution in [0, 0.1) is 6.92 Å². The van der Waals surface area contributed by atoms with Gasteiger partial charge in [0.1, 0.15) is 0 Å². The lowest BCUT2D eigenvalue weighted by atomic mass is 10.1. The molecule has 1 heterocycles. The molecule has 1 aromatic heterocycles. The maximum Gasteiger partial charge on any atom is 0.204 e. The zero-order chi connectivity index (χ0) is 11.7. The van der Waals surface area contributed by atoms with Gasteiger partial charge >= 0.3 is 0 Å². The molecule has 0 aliphatic carbocycles. The summed E-state index contributed by atoms with van der Waals surface area (Å²) in [5.74, 6) is 0.0579. The summed E-state index contributed by atoms with van der Waals surface area (Å²) in [5.41, 5.74) is 1.80. The summed E-state index contributed by atoms with van der Waals surface area (Å²) >= 11 is 8.33. The van der Waals surface area contributed by atoms with E-state index in [0.717, 1.165) is 19.4 Å². The molecule has 0 radical (unpaired) electrons. The molecule has 16 heavy (non-hydrogen) atoms. The predicted octanol–water partition coefficient (Wildman–Crippen LogP) is 4.81. The van der Waals surface area contributed by atoms with Gasteiger partial charge in [-0.3, -0.25) is 4.79 Å². The Morgan fingerprint density at radius 2 is 2.00 bits per heavy atom. The largest absolute Gasteiger partial charge is 0.288 e. The van der Waals surface area contributed by atoms with Gasteiger partial charge in [0.2, 0.25) is 5.78 Å². The van der Waals surface area contributed by atoms with E-state index in [-0.39, 0.29) is 5.78 Å². The smallest absolute Gasteiger partial charge is 0.204 e. The third kappa shape index (κ3) is 2.29. The first-order chi connectivity index (χ1) is 7.59. The van der Waals surface area contributed by atoms with Crippen LogP contribution in [0.2, 0.25) is 0 Å². The van der Waals surface area contributed by atoms with Crippen LogP contribution >= 0.6 is 43.2 Å². The van der Waals surface area contributed by atoms with Gasteiger partial charge in [0, 0.05) is 14.5 Å². The summed E-state index contributed by atoms with van der Waals surface area (Å²) in [7, 11) is 0. The Bertz CT molecular complexity index is 532. The van der Waals surface area contributed by atoms with Crippen molar-refractivity contribution in [3.8, 4) is 0 Å². The highest BCUT2D eigenvalue weighted by Crippen LogP contribution is 2.28. The predicted molar refractivity (Wildman–Crippen MR) is 74.3 cm³/mol. The number of thiophene rings is 1. The molecule has 0 saturated carbocycles. The Hall–Kier alpha value is -0.450. The van der Waals surface area contributed by atoms with Crippen molar-refractivity contribution in [2.75, 3.05) is 0 Å². The minimum atomic E-state index is 0.0579. The third-order valence-corrected chi connectivity index (χ3v) is 4.62. The monoisotopic (exact) mass is 358 g/mol. The highest BCUT2D eigenvalue weighted by Gasteiger charge is 2.14. The van der Waals surface area contributed by atoms with E-state index >= 15 is 0 Å². The minimum absolute atomic E-state index is 0.0579. The molecule has 1 aromatic carbocycles. The van der Waals surface area contributed by atoms with Crippen LogP contribution in [-0.2, 0) is 0 Å². The highest BCUT2D eigenvalue weighted by atomic mass is 79.9. The first-order valence-electron chi connectivity index (χ1n) is 4.63. The average Bonchev–Trinajstić information content (AvgIpc) is 2.75. The minimum Gasteiger partial charge on any atom is -0.288 e. The molecule has 0 saturated heterocycles. The first-order valence-corrected chi connectivity index (χ1v) is 7.10. The van der Waals surface area contributed by atoms with Crippen LogP contribution < -0.4 is 0 Å². The van der Waals surface area contributed by atoms with Crippen molar-refractivity contribution in [1.82, 2.24) is 0 Å². The zero-order valence-electron chi connectivity index (χ0n) is 8.46. The second kappa shape index (κ2) is 4.82. The molecule has 0 atom stereocenters. The number of hydrogen-bond acceptors (Lipinski definition) is 2. The Morgan fingerprint density at radius 3 is 2.62 bits per heavy atom. The van der Waals surface area contributed by atoms with Gasteiger partial charge in [-0.25, -0.2) is 0 Å². The van der Waals surface area contributed by atoms with Crippen molar-refractivity contribution in [3.63, 3.8) is 0 Å². The molecule has 0 spiro atoms. The summed E-state index contributed by atoms with van der Waals surface area (Å²) in [6.07, 6.45) is 0. The summed E-state index contributed by atoms with van der Waals surface area (Å²) < 4.78 is 1.79. The van der Waals surface area contributed by atoms with Crippen molar-refractivity contribution < 1.29 is 4.79 Å². The molecule has 0 fully saturated rings. The van der Waals surface area contributed by atoms with Crippen molar-refractivity contribution >= 4 is 49.0 Å². The number of aryl methyl sites for hydroxylation is 1. The van der Waals surface area contributed by atoms with Crippen molar-refractivity contribution in [3.05, 3.63) is 54.6 Å². The van der Waals surface area contributed by atoms with Crippen LogP contribution in [0.25, 0.3) is 0 Å². The number of carbonyl (C=O) groups is 1. The fraction of sp³-hybridized carbons (Fsp3) is 0.0833. The zero-order valence-corrected chi connectivity index (χ0v) is 12.4. The van der Waals surface area contributed by atoms with Gasteiger partial charge in [0.15, 0.2) is 0 Å². The van der Waals surface area contributed by atoms with Crippen LogP contribution in [0.1, 0.15) is 20.8 Å². The summed E-state index contributed by atoms with van der Waals surface area (Å²) in [4.78, 5) is 12.9. The molecule has 0 bridgehead atoms. The summed E-state index contributed by atoms with van der Waals surface area (Å²) in [6, 6.07) is 7.54. The molecule has 4 heteroatoms. The van der Waals surface area contributed by atoms with Crippen LogP contribution in [0.5, 0.6) is 0 Å². The topological polar surface area (TPSA) is 17.1 Å².